The molecule has 2 N–H and O–H groups in total. The first kappa shape index (κ1) is 17.8. The van der Waals surface area contributed by atoms with Crippen molar-refractivity contribution in [3.8, 4) is 0 Å². The van der Waals surface area contributed by atoms with E-state index in [9.17, 15) is 9.90 Å². The van der Waals surface area contributed by atoms with Gasteiger partial charge in [-0.2, -0.15) is 0 Å². The highest BCUT2D eigenvalue weighted by molar-refractivity contribution is 7.98. The number of carbonyl (C=O) groups is 1. The molecular weight excluding hydrogens is 338 g/mol. The van der Waals surface area contributed by atoms with E-state index in [0.717, 1.165) is 18.7 Å². The average molecular weight is 359 g/mol. The Hall–Kier alpha value is -2.03. The van der Waals surface area contributed by atoms with Crippen LogP contribution in [-0.4, -0.2) is 62.4 Å². The van der Waals surface area contributed by atoms with Crippen LogP contribution in [0.25, 0.3) is 0 Å². The van der Waals surface area contributed by atoms with Crippen LogP contribution in [0.4, 0.5) is 0 Å². The number of piperidine rings is 1. The van der Waals surface area contributed by atoms with Crippen LogP contribution in [0.15, 0.2) is 42.1 Å². The Morgan fingerprint density at radius 2 is 2.20 bits per heavy atom. The number of aromatic nitrogens is 3. The minimum atomic E-state index is -0.610. The van der Waals surface area contributed by atoms with E-state index >= 15 is 0 Å². The zero-order chi connectivity index (χ0) is 17.6. The van der Waals surface area contributed by atoms with Crippen LogP contribution in [-0.2, 0) is 6.54 Å². The fourth-order valence-electron chi connectivity index (χ4n) is 2.85. The van der Waals surface area contributed by atoms with E-state index in [1.807, 2.05) is 24.6 Å². The maximum atomic E-state index is 12.3. The lowest BCUT2D eigenvalue weighted by Crippen LogP contribution is -2.53. The molecule has 25 heavy (non-hydrogen) atoms. The molecule has 0 saturated carbocycles. The molecule has 1 fully saturated rings. The van der Waals surface area contributed by atoms with Gasteiger partial charge in [0.15, 0.2) is 5.16 Å². The number of β-amino-alcohol motifs (C(OH)–C–C–N with tert-alkyl or cyclic N) is 1. The number of nitrogens with zero attached hydrogens (tertiary/aromatic N) is 4. The molecule has 3 rings (SSSR count). The van der Waals surface area contributed by atoms with Crippen LogP contribution >= 0.6 is 11.8 Å². The fraction of sp³-hybridized carbons (Fsp3) is 0.412. The highest BCUT2D eigenvalue weighted by atomic mass is 32.2. The summed E-state index contributed by atoms with van der Waals surface area (Å²) in [5, 5.41) is 13.9. The van der Waals surface area contributed by atoms with E-state index in [2.05, 4.69) is 25.2 Å². The second-order valence-corrected chi connectivity index (χ2v) is 6.76. The van der Waals surface area contributed by atoms with Crippen LogP contribution in [0.2, 0.25) is 0 Å². The van der Waals surface area contributed by atoms with Gasteiger partial charge in [0, 0.05) is 44.4 Å². The molecule has 1 amide bonds. The summed E-state index contributed by atoms with van der Waals surface area (Å²) in [5.74, 6) is -0.252. The smallest absolute Gasteiger partial charge is 0.254 e. The monoisotopic (exact) mass is 359 g/mol. The van der Waals surface area contributed by atoms with E-state index in [1.54, 1.807) is 6.20 Å². The number of thioether (sulfide) groups is 1. The van der Waals surface area contributed by atoms with Crippen LogP contribution in [0, 0.1) is 0 Å². The van der Waals surface area contributed by atoms with Gasteiger partial charge in [0.25, 0.3) is 5.91 Å². The number of hydrogen-bond donors (Lipinski definition) is 2. The van der Waals surface area contributed by atoms with Gasteiger partial charge in [-0.15, -0.1) is 0 Å². The molecule has 2 atom stereocenters. The van der Waals surface area contributed by atoms with Gasteiger partial charge in [-0.25, -0.2) is 9.97 Å². The summed E-state index contributed by atoms with van der Waals surface area (Å²) in [6.07, 6.45) is 8.56. The van der Waals surface area contributed by atoms with Gasteiger partial charge in [0.05, 0.1) is 17.7 Å². The van der Waals surface area contributed by atoms with E-state index in [0.29, 0.717) is 23.7 Å². The molecule has 7 nitrogen and oxygen atoms in total. The Balaban J connectivity index is 1.53. The maximum Gasteiger partial charge on any atom is 0.254 e. The molecule has 3 heterocycles. The number of rotatable bonds is 5. The van der Waals surface area contributed by atoms with Crippen molar-refractivity contribution < 1.29 is 9.90 Å². The number of amides is 1. The largest absolute Gasteiger partial charge is 0.390 e. The number of pyridine rings is 1. The first-order valence-electron chi connectivity index (χ1n) is 8.12. The first-order valence-corrected chi connectivity index (χ1v) is 9.34. The molecule has 8 heteroatoms. The number of likely N-dealkylation sites (tertiary alicyclic amines) is 1. The summed E-state index contributed by atoms with van der Waals surface area (Å²) >= 11 is 1.42. The highest BCUT2D eigenvalue weighted by Crippen LogP contribution is 2.15. The fourth-order valence-corrected chi connectivity index (χ4v) is 3.17. The molecule has 2 aromatic heterocycles. The molecule has 2 aromatic rings. The summed E-state index contributed by atoms with van der Waals surface area (Å²) < 4.78 is 0. The van der Waals surface area contributed by atoms with Crippen LogP contribution in [0.1, 0.15) is 22.3 Å². The van der Waals surface area contributed by atoms with Crippen molar-refractivity contribution in [2.75, 3.05) is 19.3 Å². The van der Waals surface area contributed by atoms with E-state index in [1.165, 1.54) is 24.2 Å². The first-order chi connectivity index (χ1) is 12.2. The van der Waals surface area contributed by atoms with Crippen molar-refractivity contribution in [1.82, 2.24) is 25.2 Å². The summed E-state index contributed by atoms with van der Waals surface area (Å²) in [6.45, 7) is 2.07. The molecule has 0 aromatic carbocycles. The third kappa shape index (κ3) is 4.75. The third-order valence-corrected chi connectivity index (χ3v) is 4.76. The number of aliphatic hydroxyl groups excluding tert-OH is 1. The van der Waals surface area contributed by atoms with Gasteiger partial charge in [0.1, 0.15) is 0 Å². The standard InChI is InChI=1S/C17H21N5O2S/c1-25-17-19-8-13(9-20-17)16(24)21-14-4-6-22(11-15(14)23)10-12-3-2-5-18-7-12/h2-3,5,7-9,14-15,23H,4,6,10-11H2,1H3,(H,21,24)/t14-,15-/m1/s1. The minimum Gasteiger partial charge on any atom is -0.390 e. The quantitative estimate of drug-likeness (QED) is 0.607. The summed E-state index contributed by atoms with van der Waals surface area (Å²) in [5.41, 5.74) is 1.52. The lowest BCUT2D eigenvalue weighted by atomic mass is 10.0. The van der Waals surface area contributed by atoms with Crippen LogP contribution in [0.5, 0.6) is 0 Å². The van der Waals surface area contributed by atoms with Crippen molar-refractivity contribution in [3.63, 3.8) is 0 Å². The molecule has 0 bridgehead atoms. The molecular formula is C17H21N5O2S. The Labute approximate surface area is 150 Å². The summed E-state index contributed by atoms with van der Waals surface area (Å²) in [4.78, 5) is 26.8. The van der Waals surface area contributed by atoms with Gasteiger partial charge < -0.3 is 10.4 Å². The summed E-state index contributed by atoms with van der Waals surface area (Å²) in [6, 6.07) is 3.66. The highest BCUT2D eigenvalue weighted by Gasteiger charge is 2.29. The van der Waals surface area contributed by atoms with Crippen molar-refractivity contribution >= 4 is 17.7 Å². The number of nitrogens with one attached hydrogen (secondary N) is 1. The van der Waals surface area contributed by atoms with Crippen LogP contribution < -0.4 is 5.32 Å². The van der Waals surface area contributed by atoms with E-state index in [-0.39, 0.29) is 11.9 Å². The minimum absolute atomic E-state index is 0.252. The predicted molar refractivity (Wildman–Crippen MR) is 95.2 cm³/mol. The van der Waals surface area contributed by atoms with Crippen molar-refractivity contribution in [1.29, 1.82) is 0 Å². The topological polar surface area (TPSA) is 91.2 Å². The van der Waals surface area contributed by atoms with Crippen molar-refractivity contribution in [2.45, 2.75) is 30.3 Å². The van der Waals surface area contributed by atoms with Gasteiger partial charge in [-0.1, -0.05) is 17.8 Å². The van der Waals surface area contributed by atoms with Crippen molar-refractivity contribution in [3.05, 3.63) is 48.0 Å². The molecule has 1 aliphatic heterocycles. The second kappa shape index (κ2) is 8.37. The normalized spacial score (nSPS) is 21.0. The lowest BCUT2D eigenvalue weighted by Gasteiger charge is -2.36. The molecule has 1 aliphatic rings. The van der Waals surface area contributed by atoms with E-state index in [4.69, 9.17) is 0 Å². The number of hydrogen-bond acceptors (Lipinski definition) is 7. The number of aliphatic hydroxyl groups is 1. The Bertz CT molecular complexity index is 698. The Morgan fingerprint density at radius 1 is 1.40 bits per heavy atom. The zero-order valence-electron chi connectivity index (χ0n) is 14.0. The molecule has 0 unspecified atom stereocenters. The van der Waals surface area contributed by atoms with E-state index < -0.39 is 6.10 Å². The van der Waals surface area contributed by atoms with Gasteiger partial charge in [-0.05, 0) is 24.3 Å². The lowest BCUT2D eigenvalue weighted by molar-refractivity contribution is 0.0349. The van der Waals surface area contributed by atoms with Gasteiger partial charge >= 0.3 is 0 Å². The molecule has 132 valence electrons. The van der Waals surface area contributed by atoms with Crippen molar-refractivity contribution in [2.24, 2.45) is 0 Å². The predicted octanol–water partition coefficient (Wildman–Crippen LogP) is 0.959. The third-order valence-electron chi connectivity index (χ3n) is 4.18. The van der Waals surface area contributed by atoms with Gasteiger partial charge in [0.2, 0.25) is 0 Å². The molecule has 0 aliphatic carbocycles. The molecule has 0 spiro atoms. The average Bonchev–Trinajstić information content (AvgIpc) is 2.65. The Kier molecular flexibility index (Phi) is 5.95. The van der Waals surface area contributed by atoms with Gasteiger partial charge in [-0.3, -0.25) is 14.7 Å². The molecule has 1 saturated heterocycles. The Morgan fingerprint density at radius 3 is 2.84 bits per heavy atom. The second-order valence-electron chi connectivity index (χ2n) is 5.99. The van der Waals surface area contributed by atoms with Crippen LogP contribution in [0.3, 0.4) is 0 Å². The maximum absolute atomic E-state index is 12.3. The number of carbonyl (C=O) groups excluding carboxylic acids is 1. The molecule has 0 radical (unpaired) electrons. The summed E-state index contributed by atoms with van der Waals surface area (Å²) in [7, 11) is 0. The zero-order valence-corrected chi connectivity index (χ0v) is 14.8. The SMILES string of the molecule is CSc1ncc(C(=O)N[C@@H]2CCN(Cc3cccnc3)C[C@H]2O)cn1.